The summed E-state index contributed by atoms with van der Waals surface area (Å²) >= 11 is 1.59. The molecule has 4 N–H and O–H groups in total. The Morgan fingerprint density at radius 1 is 1.04 bits per heavy atom. The van der Waals surface area contributed by atoms with Gasteiger partial charge in [0, 0.05) is 4.88 Å². The molecule has 0 spiro atoms. The number of rotatable bonds is 8. The van der Waals surface area contributed by atoms with Gasteiger partial charge in [0.25, 0.3) is 0 Å². The van der Waals surface area contributed by atoms with Crippen molar-refractivity contribution in [3.8, 4) is 0 Å². The van der Waals surface area contributed by atoms with E-state index < -0.39 is 6.04 Å². The fourth-order valence-electron chi connectivity index (χ4n) is 2.65. The molecular weight excluding hydrogens is 394 g/mol. The van der Waals surface area contributed by atoms with Gasteiger partial charge in [-0.15, -0.1) is 23.7 Å². The number of thiophene rings is 1. The molecule has 2 atom stereocenters. The van der Waals surface area contributed by atoms with E-state index in [9.17, 15) is 9.59 Å². The lowest BCUT2D eigenvalue weighted by atomic mass is 9.98. The first-order chi connectivity index (χ1) is 12.8. The highest BCUT2D eigenvalue weighted by molar-refractivity contribution is 7.10. The van der Waals surface area contributed by atoms with Crippen LogP contribution in [0.25, 0.3) is 0 Å². The number of nitrogens with two attached hydrogens (primary N) is 1. The predicted molar refractivity (Wildman–Crippen MR) is 118 cm³/mol. The minimum absolute atomic E-state index is 0. The van der Waals surface area contributed by atoms with Gasteiger partial charge in [0.05, 0.1) is 18.6 Å². The number of carbonyl (C=O) groups is 2. The molecule has 2 aromatic rings. The van der Waals surface area contributed by atoms with Gasteiger partial charge in [-0.3, -0.25) is 9.59 Å². The van der Waals surface area contributed by atoms with Crippen LogP contribution in [0.1, 0.15) is 55.7 Å². The number of amides is 2. The van der Waals surface area contributed by atoms with E-state index in [1.54, 1.807) is 11.3 Å². The Labute approximate surface area is 177 Å². The normalized spacial score (nSPS) is 13.0. The smallest absolute Gasteiger partial charge is 0.240 e. The zero-order valence-corrected chi connectivity index (χ0v) is 18.4. The second-order valence-electron chi connectivity index (χ2n) is 7.32. The Balaban J connectivity index is 0.00000392. The van der Waals surface area contributed by atoms with Crippen molar-refractivity contribution >= 4 is 35.6 Å². The lowest BCUT2D eigenvalue weighted by Gasteiger charge is -2.20. The molecule has 7 heteroatoms. The zero-order valence-electron chi connectivity index (χ0n) is 16.8. The third-order valence-corrected chi connectivity index (χ3v) is 5.45. The molecule has 0 aliphatic rings. The average molecular weight is 424 g/mol. The average Bonchev–Trinajstić information content (AvgIpc) is 3.17. The fraction of sp³-hybridized carbons (Fsp3) is 0.429. The van der Waals surface area contributed by atoms with Crippen molar-refractivity contribution in [1.82, 2.24) is 10.6 Å². The van der Waals surface area contributed by atoms with Crippen LogP contribution in [0, 0.1) is 5.92 Å². The Kier molecular flexibility index (Phi) is 9.65. The summed E-state index contributed by atoms with van der Waals surface area (Å²) in [5, 5.41) is 7.63. The van der Waals surface area contributed by atoms with E-state index in [2.05, 4.69) is 36.6 Å². The first-order valence-electron chi connectivity index (χ1n) is 9.25. The Morgan fingerprint density at radius 3 is 2.14 bits per heavy atom. The fourth-order valence-corrected chi connectivity index (χ4v) is 3.45. The second kappa shape index (κ2) is 11.2. The molecule has 0 aliphatic carbocycles. The summed E-state index contributed by atoms with van der Waals surface area (Å²) < 4.78 is 0. The van der Waals surface area contributed by atoms with E-state index >= 15 is 0 Å². The summed E-state index contributed by atoms with van der Waals surface area (Å²) in [6.07, 6.45) is 0. The van der Waals surface area contributed by atoms with Gasteiger partial charge in [-0.25, -0.2) is 0 Å². The molecule has 1 heterocycles. The maximum atomic E-state index is 12.4. The first-order valence-corrected chi connectivity index (χ1v) is 10.1. The Hall–Kier alpha value is -1.89. The highest BCUT2D eigenvalue weighted by atomic mass is 35.5. The molecule has 2 rings (SSSR count). The minimum atomic E-state index is -0.616. The van der Waals surface area contributed by atoms with Crippen LogP contribution in [0.15, 0.2) is 41.8 Å². The van der Waals surface area contributed by atoms with Crippen LogP contribution in [-0.2, 0) is 9.59 Å². The number of benzene rings is 1. The summed E-state index contributed by atoms with van der Waals surface area (Å²) in [4.78, 5) is 25.4. The van der Waals surface area contributed by atoms with Crippen LogP contribution in [0.4, 0.5) is 0 Å². The van der Waals surface area contributed by atoms with Gasteiger partial charge in [0.15, 0.2) is 0 Å². The van der Waals surface area contributed by atoms with Crippen molar-refractivity contribution < 1.29 is 9.59 Å². The Bertz CT molecular complexity index is 746. The first kappa shape index (κ1) is 24.1. The number of nitrogens with one attached hydrogen (secondary N) is 2. The van der Waals surface area contributed by atoms with Gasteiger partial charge >= 0.3 is 0 Å². The van der Waals surface area contributed by atoms with Gasteiger partial charge in [-0.2, -0.15) is 0 Å². The molecule has 1 unspecified atom stereocenters. The van der Waals surface area contributed by atoms with Crippen LogP contribution in [0.5, 0.6) is 0 Å². The molecule has 2 amide bonds. The molecule has 0 saturated carbocycles. The van der Waals surface area contributed by atoms with Gasteiger partial charge in [-0.05, 0) is 34.4 Å². The number of hydrogen-bond acceptors (Lipinski definition) is 4. The van der Waals surface area contributed by atoms with Crippen LogP contribution >= 0.6 is 23.7 Å². The van der Waals surface area contributed by atoms with Crippen LogP contribution < -0.4 is 16.4 Å². The van der Waals surface area contributed by atoms with Crippen molar-refractivity contribution in [1.29, 1.82) is 0 Å². The van der Waals surface area contributed by atoms with E-state index in [1.807, 2.05) is 43.5 Å². The third kappa shape index (κ3) is 6.62. The minimum Gasteiger partial charge on any atom is -0.346 e. The van der Waals surface area contributed by atoms with Gasteiger partial charge < -0.3 is 16.4 Å². The molecule has 0 fully saturated rings. The highest BCUT2D eigenvalue weighted by Crippen LogP contribution is 2.27. The van der Waals surface area contributed by atoms with Gasteiger partial charge in [-0.1, -0.05) is 58.0 Å². The van der Waals surface area contributed by atoms with E-state index in [-0.39, 0.29) is 42.7 Å². The maximum Gasteiger partial charge on any atom is 0.240 e. The SMILES string of the molecule is CC(C)c1ccc(C(NC(=O)CNC(=O)[C@@H](N)C(C)C)c2cccs2)cc1.Cl. The molecule has 28 heavy (non-hydrogen) atoms. The molecule has 1 aromatic carbocycles. The topological polar surface area (TPSA) is 84.2 Å². The molecule has 0 bridgehead atoms. The number of halogens is 1. The lowest BCUT2D eigenvalue weighted by molar-refractivity contribution is -0.127. The van der Waals surface area contributed by atoms with Gasteiger partial charge in [0.2, 0.25) is 11.8 Å². The van der Waals surface area contributed by atoms with Crippen molar-refractivity contribution in [3.63, 3.8) is 0 Å². The molecule has 0 saturated heterocycles. The number of carbonyl (C=O) groups excluding carboxylic acids is 2. The Morgan fingerprint density at radius 2 is 1.64 bits per heavy atom. The largest absolute Gasteiger partial charge is 0.346 e. The monoisotopic (exact) mass is 423 g/mol. The van der Waals surface area contributed by atoms with Crippen LogP contribution in [0.3, 0.4) is 0 Å². The van der Waals surface area contributed by atoms with Crippen molar-refractivity contribution in [3.05, 3.63) is 57.8 Å². The second-order valence-corrected chi connectivity index (χ2v) is 8.30. The molecule has 0 radical (unpaired) electrons. The number of hydrogen-bond donors (Lipinski definition) is 3. The molecule has 5 nitrogen and oxygen atoms in total. The molecule has 1 aromatic heterocycles. The summed E-state index contributed by atoms with van der Waals surface area (Å²) in [5.41, 5.74) is 8.08. The van der Waals surface area contributed by atoms with E-state index in [1.165, 1.54) is 5.56 Å². The third-order valence-electron chi connectivity index (χ3n) is 4.51. The predicted octanol–water partition coefficient (Wildman–Crippen LogP) is 3.60. The van der Waals surface area contributed by atoms with Crippen molar-refractivity contribution in [2.24, 2.45) is 11.7 Å². The van der Waals surface area contributed by atoms with Crippen LogP contribution in [-0.4, -0.2) is 24.4 Å². The van der Waals surface area contributed by atoms with Crippen molar-refractivity contribution in [2.75, 3.05) is 6.54 Å². The van der Waals surface area contributed by atoms with E-state index in [0.717, 1.165) is 10.4 Å². The van der Waals surface area contributed by atoms with Crippen molar-refractivity contribution in [2.45, 2.75) is 45.7 Å². The van der Waals surface area contributed by atoms with E-state index in [0.29, 0.717) is 5.92 Å². The summed E-state index contributed by atoms with van der Waals surface area (Å²) in [6.45, 7) is 7.96. The van der Waals surface area contributed by atoms with E-state index in [4.69, 9.17) is 5.73 Å². The lowest BCUT2D eigenvalue weighted by Crippen LogP contribution is -2.47. The molecular formula is C21H30ClN3O2S. The quantitative estimate of drug-likeness (QED) is 0.606. The highest BCUT2D eigenvalue weighted by Gasteiger charge is 2.21. The summed E-state index contributed by atoms with van der Waals surface area (Å²) in [6, 6.07) is 11.4. The molecule has 154 valence electrons. The van der Waals surface area contributed by atoms with Crippen LogP contribution in [0.2, 0.25) is 0 Å². The van der Waals surface area contributed by atoms with Gasteiger partial charge in [0.1, 0.15) is 0 Å². The maximum absolute atomic E-state index is 12.4. The zero-order chi connectivity index (χ0) is 20.0. The molecule has 0 aliphatic heterocycles. The summed E-state index contributed by atoms with van der Waals surface area (Å²) in [7, 11) is 0. The summed E-state index contributed by atoms with van der Waals surface area (Å²) in [5.74, 6) is -0.0830. The standard InChI is InChI=1S/C21H29N3O2S.ClH/c1-13(2)15-7-9-16(10-8-15)20(17-6-5-11-27-17)24-18(25)12-23-21(26)19(22)14(3)4;/h5-11,13-14,19-20H,12,22H2,1-4H3,(H,23,26)(H,24,25);1H/t19-,20?;/m0./s1.